The number of halogens is 3. The van der Waals surface area contributed by atoms with Crippen molar-refractivity contribution in [1.82, 2.24) is 29.1 Å². The van der Waals surface area contributed by atoms with Crippen molar-refractivity contribution in [2.75, 3.05) is 40.8 Å². The van der Waals surface area contributed by atoms with Crippen LogP contribution in [-0.2, 0) is 11.0 Å². The molecular weight excluding hydrogens is 613 g/mol. The van der Waals surface area contributed by atoms with Crippen LogP contribution >= 0.6 is 0 Å². The topological polar surface area (TPSA) is 118 Å². The van der Waals surface area contributed by atoms with E-state index in [0.29, 0.717) is 60.3 Å². The number of aromatic nitrogens is 4. The predicted octanol–water partition coefficient (Wildman–Crippen LogP) is 4.34. The number of carbonyl (C=O) groups excluding carboxylic acids is 2. The minimum Gasteiger partial charge on any atom is -0.342 e. The number of rotatable bonds is 7. The van der Waals surface area contributed by atoms with Gasteiger partial charge >= 0.3 is 17.9 Å². The number of benzene rings is 2. The number of nitriles is 1. The number of amides is 2. The molecule has 0 saturated carbocycles. The number of alkyl halides is 3. The minimum absolute atomic E-state index is 0.0474. The Kier molecular flexibility index (Phi) is 9.13. The Labute approximate surface area is 269 Å². The highest BCUT2D eigenvalue weighted by atomic mass is 19.4. The average Bonchev–Trinajstić information content (AvgIpc) is 3.61. The molecular formula is C33H36F3N8O3+. The second kappa shape index (κ2) is 12.9. The first kappa shape index (κ1) is 33.2. The van der Waals surface area contributed by atoms with E-state index in [9.17, 15) is 32.8 Å². The Bertz CT molecular complexity index is 1880. The summed E-state index contributed by atoms with van der Waals surface area (Å²) in [5.74, 6) is 0.0474. The number of carbonyl (C=O) groups is 2. The number of hydrogen-bond acceptors (Lipinski definition) is 5. The maximum absolute atomic E-state index is 14.0. The molecule has 47 heavy (non-hydrogen) atoms. The van der Waals surface area contributed by atoms with Crippen molar-refractivity contribution >= 4 is 11.9 Å². The van der Waals surface area contributed by atoms with E-state index in [-0.39, 0.29) is 29.0 Å². The van der Waals surface area contributed by atoms with Crippen LogP contribution in [0.2, 0.25) is 0 Å². The van der Waals surface area contributed by atoms with Gasteiger partial charge in [0.05, 0.1) is 80.3 Å². The van der Waals surface area contributed by atoms with Gasteiger partial charge in [-0.15, -0.1) is 0 Å². The van der Waals surface area contributed by atoms with Crippen LogP contribution in [0.3, 0.4) is 0 Å². The molecule has 5 rings (SSSR count). The van der Waals surface area contributed by atoms with Crippen molar-refractivity contribution < 1.29 is 27.2 Å². The fourth-order valence-electron chi connectivity index (χ4n) is 5.69. The fourth-order valence-corrected chi connectivity index (χ4v) is 5.69. The molecule has 0 radical (unpaired) electrons. The van der Waals surface area contributed by atoms with Crippen LogP contribution in [0, 0.1) is 18.3 Å². The van der Waals surface area contributed by atoms with Gasteiger partial charge in [-0.3, -0.25) is 9.36 Å². The molecule has 1 fully saturated rings. The maximum Gasteiger partial charge on any atom is 0.416 e. The van der Waals surface area contributed by atoms with Gasteiger partial charge in [0, 0.05) is 19.1 Å². The zero-order chi connectivity index (χ0) is 34.1. The van der Waals surface area contributed by atoms with Crippen molar-refractivity contribution in [3.63, 3.8) is 0 Å². The van der Waals surface area contributed by atoms with E-state index in [1.54, 1.807) is 42.2 Å². The van der Waals surface area contributed by atoms with Crippen molar-refractivity contribution in [3.05, 3.63) is 88.1 Å². The molecule has 2 aromatic carbocycles. The van der Waals surface area contributed by atoms with Crippen LogP contribution in [0.15, 0.2) is 65.6 Å². The zero-order valence-electron chi connectivity index (χ0n) is 26.6. The Morgan fingerprint density at radius 2 is 1.72 bits per heavy atom. The Hall–Kier alpha value is -5.16. The van der Waals surface area contributed by atoms with E-state index in [2.05, 4.69) is 10.4 Å². The summed E-state index contributed by atoms with van der Waals surface area (Å²) in [7, 11) is 6.06. The van der Waals surface area contributed by atoms with Crippen molar-refractivity contribution in [2.24, 2.45) is 0 Å². The molecule has 2 aromatic heterocycles. The molecule has 0 spiro atoms. The van der Waals surface area contributed by atoms with Crippen molar-refractivity contribution in [2.45, 2.75) is 38.4 Å². The summed E-state index contributed by atoms with van der Waals surface area (Å²) in [5, 5.41) is 16.5. The van der Waals surface area contributed by atoms with Gasteiger partial charge in [-0.2, -0.15) is 23.5 Å². The van der Waals surface area contributed by atoms with Gasteiger partial charge in [-0.1, -0.05) is 6.07 Å². The Balaban J connectivity index is 1.51. The summed E-state index contributed by atoms with van der Waals surface area (Å²) in [6, 6.07) is 13.4. The lowest BCUT2D eigenvalue weighted by atomic mass is 10.0. The summed E-state index contributed by atoms with van der Waals surface area (Å²) < 4.78 is 45.1. The molecule has 0 unspecified atom stereocenters. The highest BCUT2D eigenvalue weighted by Crippen LogP contribution is 2.32. The van der Waals surface area contributed by atoms with E-state index in [1.807, 2.05) is 27.2 Å². The second-order valence-electron chi connectivity index (χ2n) is 12.6. The molecule has 3 heterocycles. The molecule has 1 aliphatic rings. The normalized spacial score (nSPS) is 14.2. The van der Waals surface area contributed by atoms with Crippen LogP contribution in [0.5, 0.6) is 0 Å². The highest BCUT2D eigenvalue weighted by Gasteiger charge is 2.33. The van der Waals surface area contributed by atoms with Gasteiger partial charge in [0.1, 0.15) is 5.69 Å². The van der Waals surface area contributed by atoms with Crippen LogP contribution in [-0.4, -0.2) is 87.1 Å². The molecule has 4 aromatic rings. The smallest absolute Gasteiger partial charge is 0.342 e. The first-order valence-corrected chi connectivity index (χ1v) is 15.1. The van der Waals surface area contributed by atoms with Gasteiger partial charge in [0.15, 0.2) is 0 Å². The van der Waals surface area contributed by atoms with E-state index in [0.717, 1.165) is 21.3 Å². The standard InChI is InChI=1S/C33H35F3N8O3/c1-22-30(28-12-16-38-43(28)26-10-8-23(21-37)9-11-26)42(32(47)41(22)27-7-5-6-24(20-27)33(34,35)36)31(46)39-25-13-17-40(18-14-25)29(45)15-19-44(2,3)4/h5-12,16,20,25H,13-15,17-19H2,1-4H3/p+1. The number of likely N-dealkylation sites (tertiary alicyclic amines) is 1. The largest absolute Gasteiger partial charge is 0.416 e. The molecule has 1 saturated heterocycles. The van der Waals surface area contributed by atoms with E-state index in [4.69, 9.17) is 0 Å². The van der Waals surface area contributed by atoms with Gasteiger partial charge in [-0.25, -0.2) is 18.8 Å². The quantitative estimate of drug-likeness (QED) is 0.299. The Morgan fingerprint density at radius 1 is 1.04 bits per heavy atom. The van der Waals surface area contributed by atoms with Crippen LogP contribution < -0.4 is 11.0 Å². The summed E-state index contributed by atoms with van der Waals surface area (Å²) in [6.45, 7) is 3.14. The number of imidazole rings is 1. The molecule has 1 aliphatic heterocycles. The van der Waals surface area contributed by atoms with Crippen LogP contribution in [0.1, 0.15) is 36.1 Å². The lowest BCUT2D eigenvalue weighted by molar-refractivity contribution is -0.869. The van der Waals surface area contributed by atoms with Gasteiger partial charge in [0.25, 0.3) is 0 Å². The molecule has 11 nitrogen and oxygen atoms in total. The SMILES string of the molecule is Cc1c(-c2ccnn2-c2ccc(C#N)cc2)n(C(=O)NC2CCN(C(=O)CC[N+](C)(C)C)CC2)c(=O)n1-c1cccc(C(F)(F)F)c1. The van der Waals surface area contributed by atoms with E-state index < -0.39 is 23.5 Å². The van der Waals surface area contributed by atoms with Crippen LogP contribution in [0.4, 0.5) is 18.0 Å². The summed E-state index contributed by atoms with van der Waals surface area (Å²) in [6.07, 6.45) is -1.81. The molecule has 2 amide bonds. The molecule has 0 bridgehead atoms. The second-order valence-corrected chi connectivity index (χ2v) is 12.6. The zero-order valence-corrected chi connectivity index (χ0v) is 26.6. The number of nitrogens with zero attached hydrogens (tertiary/aromatic N) is 7. The number of hydrogen-bond donors (Lipinski definition) is 1. The third-order valence-electron chi connectivity index (χ3n) is 8.22. The minimum atomic E-state index is -4.65. The van der Waals surface area contributed by atoms with Crippen molar-refractivity contribution in [3.8, 4) is 28.8 Å². The van der Waals surface area contributed by atoms with E-state index in [1.165, 1.54) is 23.0 Å². The average molecular weight is 650 g/mol. The molecule has 0 aliphatic carbocycles. The van der Waals surface area contributed by atoms with Gasteiger partial charge < -0.3 is 14.7 Å². The third-order valence-corrected chi connectivity index (χ3v) is 8.22. The molecule has 1 N–H and O–H groups in total. The van der Waals surface area contributed by atoms with Crippen LogP contribution in [0.25, 0.3) is 22.8 Å². The van der Waals surface area contributed by atoms with Crippen molar-refractivity contribution in [1.29, 1.82) is 5.26 Å². The Morgan fingerprint density at radius 3 is 2.34 bits per heavy atom. The molecule has 14 heteroatoms. The summed E-state index contributed by atoms with van der Waals surface area (Å²) in [5.41, 5.74) is -0.191. The first-order chi connectivity index (χ1) is 22.2. The van der Waals surface area contributed by atoms with Gasteiger partial charge in [0.2, 0.25) is 5.91 Å². The maximum atomic E-state index is 14.0. The van der Waals surface area contributed by atoms with E-state index >= 15 is 0 Å². The molecule has 246 valence electrons. The number of nitrogens with one attached hydrogen (secondary N) is 1. The summed E-state index contributed by atoms with van der Waals surface area (Å²) in [4.78, 5) is 42.5. The molecule has 0 atom stereocenters. The lowest BCUT2D eigenvalue weighted by Crippen LogP contribution is -2.49. The first-order valence-electron chi connectivity index (χ1n) is 15.1. The number of piperidine rings is 1. The summed E-state index contributed by atoms with van der Waals surface area (Å²) >= 11 is 0. The predicted molar refractivity (Wildman–Crippen MR) is 168 cm³/mol. The lowest BCUT2D eigenvalue weighted by Gasteiger charge is -2.33. The monoisotopic (exact) mass is 649 g/mol. The van der Waals surface area contributed by atoms with Gasteiger partial charge in [-0.05, 0) is 68.3 Å². The fraction of sp³-hybridized carbons (Fsp3) is 0.364. The highest BCUT2D eigenvalue weighted by molar-refractivity contribution is 5.83. The third kappa shape index (κ3) is 7.15. The number of quaternary nitrogens is 1.